The molecule has 1 amide bonds. The Morgan fingerprint density at radius 3 is 2.38 bits per heavy atom. The number of likely N-dealkylation sites (tertiary alicyclic amines) is 1. The molecule has 1 aliphatic heterocycles. The summed E-state index contributed by atoms with van der Waals surface area (Å²) in [5, 5.41) is 0. The molecule has 2 fully saturated rings. The molecule has 0 bridgehead atoms. The molecule has 0 radical (unpaired) electrons. The highest BCUT2D eigenvalue weighted by Gasteiger charge is 2.50. The first kappa shape index (κ1) is 17.3. The Balaban J connectivity index is 1.41. The van der Waals surface area contributed by atoms with Crippen molar-refractivity contribution in [2.45, 2.75) is 36.6 Å². The number of furan rings is 1. The van der Waals surface area contributed by atoms with Crippen LogP contribution in [0.4, 0.5) is 0 Å². The van der Waals surface area contributed by atoms with Crippen LogP contribution in [0.5, 0.6) is 0 Å². The first-order valence-corrected chi connectivity index (χ1v) is 10.4. The number of benzene rings is 1. The van der Waals surface area contributed by atoms with Gasteiger partial charge >= 0.3 is 0 Å². The smallest absolute Gasteiger partial charge is 0.289 e. The molecule has 7 heteroatoms. The number of hydrogen-bond donors (Lipinski definition) is 1. The standard InChI is InChI=1S/C19H22N2O4S/c22-18(16-7-4-14-25-16)21-12-10-19(11-13-21)9-8-17(19)20-26(23,24)15-5-2-1-3-6-15/h1-7,14,17,20H,8-13H2/t17-/m0/s1. The predicted octanol–water partition coefficient (Wildman–Crippen LogP) is 2.64. The minimum atomic E-state index is -3.51. The van der Waals surface area contributed by atoms with E-state index in [2.05, 4.69) is 4.72 Å². The first-order chi connectivity index (χ1) is 12.5. The maximum absolute atomic E-state index is 12.6. The molecule has 1 aliphatic carbocycles. The van der Waals surface area contributed by atoms with Crippen LogP contribution in [-0.2, 0) is 10.0 Å². The van der Waals surface area contributed by atoms with E-state index >= 15 is 0 Å². The molecule has 1 saturated heterocycles. The number of sulfonamides is 1. The Morgan fingerprint density at radius 1 is 1.08 bits per heavy atom. The van der Waals surface area contributed by atoms with Crippen molar-refractivity contribution in [2.75, 3.05) is 13.1 Å². The second kappa shape index (κ2) is 6.55. The lowest BCUT2D eigenvalue weighted by atomic mass is 9.59. The molecular formula is C19H22N2O4S. The molecule has 2 aliphatic rings. The highest BCUT2D eigenvalue weighted by molar-refractivity contribution is 7.89. The van der Waals surface area contributed by atoms with Gasteiger partial charge in [0.25, 0.3) is 5.91 Å². The molecule has 1 aromatic carbocycles. The first-order valence-electron chi connectivity index (χ1n) is 8.90. The van der Waals surface area contributed by atoms with E-state index in [1.165, 1.54) is 6.26 Å². The van der Waals surface area contributed by atoms with Gasteiger partial charge in [-0.05, 0) is 55.4 Å². The molecule has 1 aromatic heterocycles. The fourth-order valence-electron chi connectivity index (χ4n) is 4.05. The van der Waals surface area contributed by atoms with Crippen molar-refractivity contribution in [3.05, 3.63) is 54.5 Å². The summed E-state index contributed by atoms with van der Waals surface area (Å²) in [7, 11) is -3.51. The summed E-state index contributed by atoms with van der Waals surface area (Å²) in [6.45, 7) is 1.26. The van der Waals surface area contributed by atoms with Crippen LogP contribution in [0, 0.1) is 5.41 Å². The molecule has 138 valence electrons. The van der Waals surface area contributed by atoms with Crippen molar-refractivity contribution >= 4 is 15.9 Å². The molecular weight excluding hydrogens is 352 g/mol. The molecule has 1 N–H and O–H groups in total. The number of rotatable bonds is 4. The van der Waals surface area contributed by atoms with Crippen molar-refractivity contribution in [1.29, 1.82) is 0 Å². The summed E-state index contributed by atoms with van der Waals surface area (Å²) < 4.78 is 33.3. The summed E-state index contributed by atoms with van der Waals surface area (Å²) in [4.78, 5) is 14.5. The average molecular weight is 374 g/mol. The van der Waals surface area contributed by atoms with E-state index in [0.717, 1.165) is 25.7 Å². The van der Waals surface area contributed by atoms with Crippen LogP contribution in [0.3, 0.4) is 0 Å². The van der Waals surface area contributed by atoms with E-state index < -0.39 is 10.0 Å². The largest absolute Gasteiger partial charge is 0.459 e. The summed E-state index contributed by atoms with van der Waals surface area (Å²) in [6, 6.07) is 11.8. The van der Waals surface area contributed by atoms with Crippen LogP contribution in [-0.4, -0.2) is 38.4 Å². The van der Waals surface area contributed by atoms with Gasteiger partial charge in [-0.2, -0.15) is 0 Å². The van der Waals surface area contributed by atoms with Gasteiger partial charge in [-0.3, -0.25) is 4.79 Å². The molecule has 2 aromatic rings. The Labute approximate surface area is 153 Å². The number of piperidine rings is 1. The lowest BCUT2D eigenvalue weighted by Gasteiger charge is -2.53. The van der Waals surface area contributed by atoms with E-state index in [9.17, 15) is 13.2 Å². The lowest BCUT2D eigenvalue weighted by molar-refractivity contribution is 0.00404. The third-order valence-electron chi connectivity index (χ3n) is 5.80. The van der Waals surface area contributed by atoms with Gasteiger partial charge in [0.15, 0.2) is 5.76 Å². The fourth-order valence-corrected chi connectivity index (χ4v) is 5.44. The van der Waals surface area contributed by atoms with Crippen LogP contribution in [0.1, 0.15) is 36.2 Å². The summed E-state index contributed by atoms with van der Waals surface area (Å²) in [5.41, 5.74) is -0.0399. The van der Waals surface area contributed by atoms with Gasteiger partial charge in [0.1, 0.15) is 0 Å². The maximum Gasteiger partial charge on any atom is 0.289 e. The number of carbonyl (C=O) groups is 1. The van der Waals surface area contributed by atoms with Gasteiger partial charge in [0, 0.05) is 19.1 Å². The van der Waals surface area contributed by atoms with Crippen molar-refractivity contribution in [3.8, 4) is 0 Å². The zero-order valence-electron chi connectivity index (χ0n) is 14.4. The van der Waals surface area contributed by atoms with Crippen LogP contribution in [0.25, 0.3) is 0 Å². The molecule has 1 spiro atoms. The quantitative estimate of drug-likeness (QED) is 0.892. The van der Waals surface area contributed by atoms with Gasteiger partial charge in [-0.15, -0.1) is 0 Å². The minimum Gasteiger partial charge on any atom is -0.459 e. The molecule has 26 heavy (non-hydrogen) atoms. The van der Waals surface area contributed by atoms with Crippen LogP contribution < -0.4 is 4.72 Å². The maximum atomic E-state index is 12.6. The molecule has 0 unspecified atom stereocenters. The highest BCUT2D eigenvalue weighted by Crippen LogP contribution is 2.49. The molecule has 1 atom stereocenters. The molecule has 1 saturated carbocycles. The van der Waals surface area contributed by atoms with E-state index in [4.69, 9.17) is 4.42 Å². The van der Waals surface area contributed by atoms with Crippen LogP contribution in [0.15, 0.2) is 58.0 Å². The van der Waals surface area contributed by atoms with E-state index in [1.807, 2.05) is 0 Å². The van der Waals surface area contributed by atoms with Crippen LogP contribution >= 0.6 is 0 Å². The predicted molar refractivity (Wildman–Crippen MR) is 96.1 cm³/mol. The highest BCUT2D eigenvalue weighted by atomic mass is 32.2. The third-order valence-corrected chi connectivity index (χ3v) is 7.29. The molecule has 4 rings (SSSR count). The second-order valence-corrected chi connectivity index (χ2v) is 8.87. The van der Waals surface area contributed by atoms with Crippen molar-refractivity contribution in [1.82, 2.24) is 9.62 Å². The molecule has 2 heterocycles. The fraction of sp³-hybridized carbons (Fsp3) is 0.421. The lowest BCUT2D eigenvalue weighted by Crippen LogP contribution is -2.59. The Bertz CT molecular complexity index is 870. The van der Waals surface area contributed by atoms with E-state index in [0.29, 0.717) is 23.7 Å². The Morgan fingerprint density at radius 2 is 1.81 bits per heavy atom. The van der Waals surface area contributed by atoms with Crippen molar-refractivity contribution < 1.29 is 17.6 Å². The zero-order chi connectivity index (χ0) is 18.2. The van der Waals surface area contributed by atoms with Crippen molar-refractivity contribution in [3.63, 3.8) is 0 Å². The summed E-state index contributed by atoms with van der Waals surface area (Å²) in [5.74, 6) is 0.265. The van der Waals surface area contributed by atoms with Gasteiger partial charge < -0.3 is 9.32 Å². The van der Waals surface area contributed by atoms with Gasteiger partial charge in [0.2, 0.25) is 10.0 Å². The summed E-state index contributed by atoms with van der Waals surface area (Å²) >= 11 is 0. The van der Waals surface area contributed by atoms with Crippen molar-refractivity contribution in [2.24, 2.45) is 5.41 Å². The molecule has 6 nitrogen and oxygen atoms in total. The Kier molecular flexibility index (Phi) is 4.36. The number of nitrogens with one attached hydrogen (secondary N) is 1. The Hall–Kier alpha value is -2.12. The second-order valence-electron chi connectivity index (χ2n) is 7.16. The normalized spacial score (nSPS) is 22.2. The summed E-state index contributed by atoms with van der Waals surface area (Å²) in [6.07, 6.45) is 4.96. The third kappa shape index (κ3) is 3.05. The van der Waals surface area contributed by atoms with Crippen LogP contribution in [0.2, 0.25) is 0 Å². The number of amides is 1. The minimum absolute atomic E-state index is 0.0399. The topological polar surface area (TPSA) is 79.6 Å². The van der Waals surface area contributed by atoms with Gasteiger partial charge in [0.05, 0.1) is 11.2 Å². The monoisotopic (exact) mass is 374 g/mol. The van der Waals surface area contributed by atoms with Gasteiger partial charge in [-0.1, -0.05) is 18.2 Å². The number of nitrogens with zero attached hydrogens (tertiary/aromatic N) is 1. The van der Waals surface area contributed by atoms with E-state index in [-0.39, 0.29) is 17.4 Å². The zero-order valence-corrected chi connectivity index (χ0v) is 15.2. The van der Waals surface area contributed by atoms with Gasteiger partial charge in [-0.25, -0.2) is 13.1 Å². The SMILES string of the molecule is O=C(c1ccco1)N1CCC2(CC[C@@H]2NS(=O)(=O)c2ccccc2)CC1. The average Bonchev–Trinajstić information content (AvgIpc) is 3.20. The number of carbonyl (C=O) groups excluding carboxylic acids is 1. The van der Waals surface area contributed by atoms with E-state index in [1.54, 1.807) is 47.4 Å². The number of hydrogen-bond acceptors (Lipinski definition) is 4.